The van der Waals surface area contributed by atoms with Crippen molar-refractivity contribution in [1.29, 1.82) is 0 Å². The summed E-state index contributed by atoms with van der Waals surface area (Å²) in [5.74, 6) is 0. The molecule has 1 aromatic heterocycles. The van der Waals surface area contributed by atoms with E-state index in [0.29, 0.717) is 0 Å². The zero-order valence-electron chi connectivity index (χ0n) is 9.32. The van der Waals surface area contributed by atoms with Crippen molar-refractivity contribution in [3.63, 3.8) is 0 Å². The smallest absolute Gasteiger partial charge is 0.0456 e. The van der Waals surface area contributed by atoms with Crippen LogP contribution < -0.4 is 0 Å². The average molecular weight is 215 g/mol. The van der Waals surface area contributed by atoms with Crippen LogP contribution in [0.4, 0.5) is 0 Å². The van der Waals surface area contributed by atoms with Gasteiger partial charge in [-0.2, -0.15) is 0 Å². The highest BCUT2D eigenvalue weighted by molar-refractivity contribution is 5.63. The Hall–Kier alpha value is -1.54. The molecule has 2 rings (SSSR count). The average Bonchev–Trinajstić information content (AvgIpc) is 2.83. The summed E-state index contributed by atoms with van der Waals surface area (Å²) in [4.78, 5) is 3.23. The van der Waals surface area contributed by atoms with Gasteiger partial charge in [0.05, 0.1) is 0 Å². The molecule has 0 aliphatic heterocycles. The zero-order valence-corrected chi connectivity index (χ0v) is 9.32. The van der Waals surface area contributed by atoms with E-state index in [4.69, 9.17) is 5.11 Å². The lowest BCUT2D eigenvalue weighted by atomic mass is 10.00. The quantitative estimate of drug-likeness (QED) is 0.739. The third-order valence-electron chi connectivity index (χ3n) is 2.76. The van der Waals surface area contributed by atoms with E-state index in [1.807, 2.05) is 12.3 Å². The van der Waals surface area contributed by atoms with Crippen LogP contribution in [0.5, 0.6) is 0 Å². The molecule has 2 aromatic rings. The lowest BCUT2D eigenvalue weighted by Gasteiger charge is -2.07. The van der Waals surface area contributed by atoms with Crippen LogP contribution >= 0.6 is 0 Å². The Morgan fingerprint density at radius 3 is 2.62 bits per heavy atom. The first-order valence-corrected chi connectivity index (χ1v) is 5.74. The molecule has 0 saturated heterocycles. The van der Waals surface area contributed by atoms with E-state index in [1.165, 1.54) is 16.8 Å². The highest BCUT2D eigenvalue weighted by atomic mass is 16.2. The van der Waals surface area contributed by atoms with Crippen molar-refractivity contribution in [2.45, 2.75) is 19.3 Å². The molecule has 0 aliphatic carbocycles. The SMILES string of the molecule is OCCCCc1ccccc1-c1ccc[nH]1. The fraction of sp³-hybridized carbons (Fsp3) is 0.286. The molecule has 0 amide bonds. The molecule has 2 heteroatoms. The van der Waals surface area contributed by atoms with Crippen LogP contribution in [0.1, 0.15) is 18.4 Å². The summed E-state index contributed by atoms with van der Waals surface area (Å²) in [6.07, 6.45) is 4.88. The van der Waals surface area contributed by atoms with Crippen LogP contribution in [0.25, 0.3) is 11.3 Å². The minimum Gasteiger partial charge on any atom is -0.396 e. The fourth-order valence-corrected chi connectivity index (χ4v) is 1.93. The van der Waals surface area contributed by atoms with E-state index in [-0.39, 0.29) is 6.61 Å². The summed E-state index contributed by atoms with van der Waals surface area (Å²) in [6.45, 7) is 0.282. The molecule has 16 heavy (non-hydrogen) atoms. The molecular weight excluding hydrogens is 198 g/mol. The van der Waals surface area contributed by atoms with Crippen LogP contribution in [-0.4, -0.2) is 16.7 Å². The zero-order chi connectivity index (χ0) is 11.2. The first-order valence-electron chi connectivity index (χ1n) is 5.74. The Kier molecular flexibility index (Phi) is 3.78. The van der Waals surface area contributed by atoms with E-state index < -0.39 is 0 Å². The van der Waals surface area contributed by atoms with Crippen molar-refractivity contribution in [2.75, 3.05) is 6.61 Å². The Bertz CT molecular complexity index is 420. The van der Waals surface area contributed by atoms with Gasteiger partial charge in [-0.3, -0.25) is 0 Å². The highest BCUT2D eigenvalue weighted by Gasteiger charge is 2.04. The number of aryl methyl sites for hydroxylation is 1. The molecule has 2 N–H and O–H groups in total. The Morgan fingerprint density at radius 1 is 1.00 bits per heavy atom. The first-order chi connectivity index (χ1) is 7.92. The third kappa shape index (κ3) is 2.52. The van der Waals surface area contributed by atoms with Crippen molar-refractivity contribution in [2.24, 2.45) is 0 Å². The van der Waals surface area contributed by atoms with Crippen LogP contribution in [0.15, 0.2) is 42.6 Å². The number of unbranched alkanes of at least 4 members (excludes halogenated alkanes) is 1. The van der Waals surface area contributed by atoms with Gasteiger partial charge in [0.25, 0.3) is 0 Å². The number of aliphatic hydroxyl groups is 1. The molecule has 0 atom stereocenters. The van der Waals surface area contributed by atoms with Gasteiger partial charge in [0, 0.05) is 24.1 Å². The summed E-state index contributed by atoms with van der Waals surface area (Å²) in [7, 11) is 0. The van der Waals surface area contributed by atoms with Crippen molar-refractivity contribution in [1.82, 2.24) is 4.98 Å². The molecule has 0 radical (unpaired) electrons. The Labute approximate surface area is 96.0 Å². The molecule has 0 spiro atoms. The monoisotopic (exact) mass is 215 g/mol. The molecular formula is C14H17NO. The second kappa shape index (κ2) is 5.52. The number of aromatic amines is 1. The van der Waals surface area contributed by atoms with E-state index in [0.717, 1.165) is 19.3 Å². The minimum atomic E-state index is 0.282. The molecule has 0 saturated carbocycles. The summed E-state index contributed by atoms with van der Waals surface area (Å²) < 4.78 is 0. The largest absolute Gasteiger partial charge is 0.396 e. The summed E-state index contributed by atoms with van der Waals surface area (Å²) >= 11 is 0. The standard InChI is InChI=1S/C14H17NO/c16-11-4-3-7-12-6-1-2-8-13(12)14-9-5-10-15-14/h1-2,5-6,8-10,15-16H,3-4,7,11H2. The van der Waals surface area contributed by atoms with Crippen molar-refractivity contribution in [3.05, 3.63) is 48.2 Å². The second-order valence-corrected chi connectivity index (χ2v) is 3.92. The number of aromatic nitrogens is 1. The molecule has 0 fully saturated rings. The molecule has 1 aromatic carbocycles. The summed E-state index contributed by atoms with van der Waals surface area (Å²) in [6, 6.07) is 12.5. The molecule has 1 heterocycles. The van der Waals surface area contributed by atoms with Crippen LogP contribution in [-0.2, 0) is 6.42 Å². The summed E-state index contributed by atoms with van der Waals surface area (Å²) in [5, 5.41) is 8.79. The van der Waals surface area contributed by atoms with Gasteiger partial charge in [-0.15, -0.1) is 0 Å². The van der Waals surface area contributed by atoms with E-state index in [1.54, 1.807) is 0 Å². The number of hydrogen-bond acceptors (Lipinski definition) is 1. The molecule has 84 valence electrons. The topological polar surface area (TPSA) is 36.0 Å². The number of rotatable bonds is 5. The number of benzene rings is 1. The fourth-order valence-electron chi connectivity index (χ4n) is 1.93. The van der Waals surface area contributed by atoms with E-state index in [9.17, 15) is 0 Å². The van der Waals surface area contributed by atoms with E-state index >= 15 is 0 Å². The van der Waals surface area contributed by atoms with Gasteiger partial charge in [0.2, 0.25) is 0 Å². The molecule has 2 nitrogen and oxygen atoms in total. The number of H-pyrrole nitrogens is 1. The highest BCUT2D eigenvalue weighted by Crippen LogP contribution is 2.23. The molecule has 0 unspecified atom stereocenters. The third-order valence-corrected chi connectivity index (χ3v) is 2.76. The van der Waals surface area contributed by atoms with Crippen molar-refractivity contribution >= 4 is 0 Å². The lowest BCUT2D eigenvalue weighted by molar-refractivity contribution is 0.284. The van der Waals surface area contributed by atoms with Gasteiger partial charge in [-0.05, 0) is 37.0 Å². The van der Waals surface area contributed by atoms with Gasteiger partial charge >= 0.3 is 0 Å². The predicted molar refractivity (Wildman–Crippen MR) is 66.3 cm³/mol. The van der Waals surface area contributed by atoms with Gasteiger partial charge in [0.15, 0.2) is 0 Å². The number of nitrogens with one attached hydrogen (secondary N) is 1. The maximum Gasteiger partial charge on any atom is 0.0456 e. The lowest BCUT2D eigenvalue weighted by Crippen LogP contribution is -1.92. The number of hydrogen-bond donors (Lipinski definition) is 2. The van der Waals surface area contributed by atoms with Gasteiger partial charge in [-0.25, -0.2) is 0 Å². The van der Waals surface area contributed by atoms with Gasteiger partial charge < -0.3 is 10.1 Å². The van der Waals surface area contributed by atoms with Gasteiger partial charge in [0.1, 0.15) is 0 Å². The summed E-state index contributed by atoms with van der Waals surface area (Å²) in [5.41, 5.74) is 3.78. The van der Waals surface area contributed by atoms with Crippen LogP contribution in [0.2, 0.25) is 0 Å². The minimum absolute atomic E-state index is 0.282. The second-order valence-electron chi connectivity index (χ2n) is 3.92. The normalized spacial score (nSPS) is 10.6. The molecule has 0 aliphatic rings. The maximum absolute atomic E-state index is 8.79. The Morgan fingerprint density at radius 2 is 1.88 bits per heavy atom. The number of aliphatic hydroxyl groups excluding tert-OH is 1. The Balaban J connectivity index is 2.18. The van der Waals surface area contributed by atoms with Crippen LogP contribution in [0.3, 0.4) is 0 Å². The molecule has 0 bridgehead atoms. The van der Waals surface area contributed by atoms with Gasteiger partial charge in [-0.1, -0.05) is 24.3 Å². The predicted octanol–water partition coefficient (Wildman–Crippen LogP) is 3.00. The first kappa shape index (κ1) is 11.0. The van der Waals surface area contributed by atoms with Crippen molar-refractivity contribution < 1.29 is 5.11 Å². The van der Waals surface area contributed by atoms with Crippen molar-refractivity contribution in [3.8, 4) is 11.3 Å². The van der Waals surface area contributed by atoms with Crippen LogP contribution in [0, 0.1) is 0 Å². The maximum atomic E-state index is 8.79. The van der Waals surface area contributed by atoms with E-state index in [2.05, 4.69) is 35.3 Å².